The molecule has 2 N–H and O–H groups in total. The lowest BCUT2D eigenvalue weighted by Crippen LogP contribution is -1.93. The molecule has 2 aromatic rings. The summed E-state index contributed by atoms with van der Waals surface area (Å²) in [5, 5.41) is 10.6. The molecule has 0 radical (unpaired) electrons. The molecule has 2 aromatic heterocycles. The Morgan fingerprint density at radius 1 is 1.10 bits per heavy atom. The monoisotopic (exact) mass is 314 g/mol. The Hall–Kier alpha value is -1.92. The molecular weight excluding hydrogens is 303 g/mol. The van der Waals surface area contributed by atoms with Crippen LogP contribution in [-0.4, -0.2) is 14.9 Å². The van der Waals surface area contributed by atoms with E-state index in [-0.39, 0.29) is 10.8 Å². The summed E-state index contributed by atoms with van der Waals surface area (Å²) >= 11 is 11.0. The molecule has 0 fully saturated rings. The third kappa shape index (κ3) is 4.04. The number of nitrogens with zero attached hydrogens (tertiary/aromatic N) is 3. The summed E-state index contributed by atoms with van der Waals surface area (Å²) in [4.78, 5) is 17.2. The summed E-state index contributed by atoms with van der Waals surface area (Å²) in [7, 11) is 0. The van der Waals surface area contributed by atoms with Crippen LogP contribution in [-0.2, 0) is 0 Å². The van der Waals surface area contributed by atoms with Gasteiger partial charge in [-0.3, -0.25) is 10.1 Å². The molecule has 6 nitrogen and oxygen atoms in total. The van der Waals surface area contributed by atoms with E-state index in [1.165, 1.54) is 6.20 Å². The second-order valence-corrected chi connectivity index (χ2v) is 4.57. The topological polar surface area (TPSA) is 94.9 Å². The predicted molar refractivity (Wildman–Crippen MR) is 79.0 cm³/mol. The van der Waals surface area contributed by atoms with Crippen molar-refractivity contribution in [3.63, 3.8) is 0 Å². The van der Waals surface area contributed by atoms with Gasteiger partial charge in [-0.2, -0.15) is 0 Å². The average molecular weight is 315 g/mol. The zero-order chi connectivity index (χ0) is 15.3. The van der Waals surface area contributed by atoms with E-state index in [2.05, 4.69) is 9.97 Å². The summed E-state index contributed by atoms with van der Waals surface area (Å²) in [6.07, 6.45) is 3.07. The van der Waals surface area contributed by atoms with Crippen LogP contribution in [0.1, 0.15) is 11.1 Å². The smallest absolute Gasteiger partial charge is 0.309 e. The van der Waals surface area contributed by atoms with Crippen molar-refractivity contribution in [2.24, 2.45) is 0 Å². The van der Waals surface area contributed by atoms with E-state index in [0.29, 0.717) is 16.4 Å². The number of aromatic nitrogens is 2. The number of rotatable bonds is 1. The Labute approximate surface area is 125 Å². The van der Waals surface area contributed by atoms with Crippen LogP contribution in [0.4, 0.5) is 11.4 Å². The fourth-order valence-corrected chi connectivity index (χ4v) is 1.75. The molecule has 0 saturated carbocycles. The molecule has 0 aliphatic carbocycles. The van der Waals surface area contributed by atoms with Gasteiger partial charge < -0.3 is 5.73 Å². The Morgan fingerprint density at radius 2 is 1.60 bits per heavy atom. The molecule has 0 saturated heterocycles. The van der Waals surface area contributed by atoms with Crippen molar-refractivity contribution in [2.75, 3.05) is 5.73 Å². The van der Waals surface area contributed by atoms with Crippen molar-refractivity contribution in [2.45, 2.75) is 13.8 Å². The van der Waals surface area contributed by atoms with Gasteiger partial charge in [0.2, 0.25) is 5.15 Å². The SMILES string of the molecule is Cc1ccnc(Cl)c1N.Cc1ccnc(Cl)c1[N+](=O)[O-]. The van der Waals surface area contributed by atoms with Gasteiger partial charge in [0.05, 0.1) is 10.6 Å². The van der Waals surface area contributed by atoms with Gasteiger partial charge >= 0.3 is 5.69 Å². The van der Waals surface area contributed by atoms with E-state index >= 15 is 0 Å². The van der Waals surface area contributed by atoms with E-state index in [4.69, 9.17) is 28.9 Å². The number of nitrogen functional groups attached to an aromatic ring is 1. The standard InChI is InChI=1S/C6H5ClN2O2.C6H7ClN2/c1-4-2-3-8-6(7)5(4)9(10)11;1-4-2-3-9-6(7)5(4)8/h2-3H,1H3;2-3H,8H2,1H3. The first-order valence-corrected chi connectivity index (χ1v) is 6.22. The molecule has 0 amide bonds. The highest BCUT2D eigenvalue weighted by Crippen LogP contribution is 2.24. The second-order valence-electron chi connectivity index (χ2n) is 3.86. The van der Waals surface area contributed by atoms with Gasteiger partial charge in [0.15, 0.2) is 5.15 Å². The Kier molecular flexibility index (Phi) is 5.66. The van der Waals surface area contributed by atoms with Gasteiger partial charge in [-0.15, -0.1) is 0 Å². The first-order valence-electron chi connectivity index (χ1n) is 5.46. The molecule has 0 bridgehead atoms. The first-order chi connectivity index (χ1) is 9.34. The molecule has 0 aliphatic heterocycles. The summed E-state index contributed by atoms with van der Waals surface area (Å²) < 4.78 is 0. The lowest BCUT2D eigenvalue weighted by molar-refractivity contribution is -0.385. The predicted octanol–water partition coefficient (Wildman–Crippen LogP) is 3.58. The number of halogens is 2. The van der Waals surface area contributed by atoms with Crippen molar-refractivity contribution >= 4 is 34.6 Å². The van der Waals surface area contributed by atoms with Crippen LogP contribution >= 0.6 is 23.2 Å². The van der Waals surface area contributed by atoms with Gasteiger partial charge in [-0.1, -0.05) is 23.2 Å². The minimum absolute atomic E-state index is 0.0602. The fourth-order valence-electron chi connectivity index (χ4n) is 1.27. The lowest BCUT2D eigenvalue weighted by Gasteiger charge is -1.97. The number of pyridine rings is 2. The Morgan fingerprint density at radius 3 is 1.95 bits per heavy atom. The van der Waals surface area contributed by atoms with Gasteiger partial charge in [-0.25, -0.2) is 9.97 Å². The van der Waals surface area contributed by atoms with E-state index in [9.17, 15) is 10.1 Å². The number of nitro groups is 1. The number of anilines is 1. The van der Waals surface area contributed by atoms with Gasteiger partial charge in [0, 0.05) is 18.0 Å². The lowest BCUT2D eigenvalue weighted by atomic mass is 10.3. The highest BCUT2D eigenvalue weighted by Gasteiger charge is 2.15. The van der Waals surface area contributed by atoms with Gasteiger partial charge in [-0.05, 0) is 31.5 Å². The van der Waals surface area contributed by atoms with E-state index in [0.717, 1.165) is 5.56 Å². The van der Waals surface area contributed by atoms with E-state index in [1.54, 1.807) is 19.2 Å². The highest BCUT2D eigenvalue weighted by molar-refractivity contribution is 6.32. The summed E-state index contributed by atoms with van der Waals surface area (Å²) in [5.74, 6) is 0. The van der Waals surface area contributed by atoms with Crippen molar-refractivity contribution in [1.82, 2.24) is 9.97 Å². The molecule has 8 heteroatoms. The number of hydrogen-bond donors (Lipinski definition) is 1. The molecule has 0 unspecified atom stereocenters. The van der Waals surface area contributed by atoms with Crippen molar-refractivity contribution < 1.29 is 4.92 Å². The van der Waals surface area contributed by atoms with Crippen LogP contribution in [0.2, 0.25) is 10.3 Å². The maximum atomic E-state index is 10.3. The molecule has 0 aromatic carbocycles. The summed E-state index contributed by atoms with van der Waals surface area (Å²) in [6, 6.07) is 3.37. The van der Waals surface area contributed by atoms with Crippen LogP contribution in [0.5, 0.6) is 0 Å². The molecule has 106 valence electrons. The fraction of sp³-hybridized carbons (Fsp3) is 0.167. The quantitative estimate of drug-likeness (QED) is 0.493. The minimum Gasteiger partial charge on any atom is -0.396 e. The highest BCUT2D eigenvalue weighted by atomic mass is 35.5. The van der Waals surface area contributed by atoms with E-state index < -0.39 is 4.92 Å². The molecule has 0 aliphatic rings. The normalized spacial score (nSPS) is 9.60. The largest absolute Gasteiger partial charge is 0.396 e. The zero-order valence-electron chi connectivity index (χ0n) is 10.8. The van der Waals surface area contributed by atoms with Crippen molar-refractivity contribution in [3.8, 4) is 0 Å². The average Bonchev–Trinajstić information content (AvgIpc) is 2.36. The number of nitrogens with two attached hydrogens (primary N) is 1. The van der Waals surface area contributed by atoms with Crippen LogP contribution in [0.25, 0.3) is 0 Å². The maximum Gasteiger partial charge on any atom is 0.309 e. The summed E-state index contributed by atoms with van der Waals surface area (Å²) in [5.41, 5.74) is 7.43. The van der Waals surface area contributed by atoms with Gasteiger partial charge in [0.1, 0.15) is 0 Å². The second kappa shape index (κ2) is 7.02. The molecule has 0 spiro atoms. The minimum atomic E-state index is -0.537. The third-order valence-electron chi connectivity index (χ3n) is 2.42. The van der Waals surface area contributed by atoms with Crippen molar-refractivity contribution in [3.05, 3.63) is 56.1 Å². The number of hydrogen-bond acceptors (Lipinski definition) is 5. The summed E-state index contributed by atoms with van der Waals surface area (Å²) in [6.45, 7) is 3.51. The first kappa shape index (κ1) is 16.1. The Balaban J connectivity index is 0.000000204. The van der Waals surface area contributed by atoms with Gasteiger partial charge in [0.25, 0.3) is 0 Å². The van der Waals surface area contributed by atoms with Crippen LogP contribution in [0.15, 0.2) is 24.5 Å². The third-order valence-corrected chi connectivity index (χ3v) is 3.00. The van der Waals surface area contributed by atoms with Crippen molar-refractivity contribution in [1.29, 1.82) is 0 Å². The van der Waals surface area contributed by atoms with E-state index in [1.807, 2.05) is 13.0 Å². The molecule has 20 heavy (non-hydrogen) atoms. The Bertz CT molecular complexity index is 594. The molecule has 2 heterocycles. The number of aryl methyl sites for hydroxylation is 2. The maximum absolute atomic E-state index is 10.3. The van der Waals surface area contributed by atoms with Crippen LogP contribution < -0.4 is 5.73 Å². The van der Waals surface area contributed by atoms with Crippen LogP contribution in [0.3, 0.4) is 0 Å². The molecule has 0 atom stereocenters. The zero-order valence-corrected chi connectivity index (χ0v) is 12.3. The molecular formula is C12H12Cl2N4O2. The molecule has 2 rings (SSSR count). The van der Waals surface area contributed by atoms with Crippen LogP contribution in [0, 0.1) is 24.0 Å².